The van der Waals surface area contributed by atoms with Crippen molar-refractivity contribution in [1.29, 1.82) is 0 Å². The molecule has 0 amide bonds. The molecule has 0 saturated heterocycles. The number of aryl methyl sites for hydroxylation is 1. The molecule has 0 bridgehead atoms. The molecule has 0 spiro atoms. The third-order valence-corrected chi connectivity index (χ3v) is 10.3. The van der Waals surface area contributed by atoms with Gasteiger partial charge in [0.2, 0.25) is 20.0 Å². The Morgan fingerprint density at radius 2 is 0.794 bits per heavy atom. The second kappa shape index (κ2) is 32.1. The van der Waals surface area contributed by atoms with E-state index in [-0.39, 0.29) is 76.3 Å². The fraction of sp³-hybridized carbons (Fsp3) is 0.222. The monoisotopic (exact) mass is 1030 g/mol. The number of aliphatic hydroxyl groups excluding tert-OH is 1. The Morgan fingerprint density at radius 1 is 0.587 bits per heavy atom. The van der Waals surface area contributed by atoms with Gasteiger partial charge in [0.25, 0.3) is 0 Å². The van der Waals surface area contributed by atoms with Gasteiger partial charge >= 0.3 is 33.6 Å². The van der Waals surface area contributed by atoms with Gasteiger partial charge < -0.3 is 41.0 Å². The van der Waals surface area contributed by atoms with E-state index in [1.54, 1.807) is 79.7 Å². The van der Waals surface area contributed by atoms with Crippen molar-refractivity contribution < 1.29 is 120 Å². The van der Waals surface area contributed by atoms with Gasteiger partial charge in [0.05, 0.1) is 58.7 Å². The van der Waals surface area contributed by atoms with Crippen LogP contribution < -0.4 is 34.0 Å². The van der Waals surface area contributed by atoms with Crippen molar-refractivity contribution in [2.75, 3.05) is 7.11 Å². The van der Waals surface area contributed by atoms with Crippen molar-refractivity contribution in [1.82, 2.24) is 28.5 Å². The number of carbonyl (C=O) groups excluding carboxylic acids is 2. The number of rotatable bonds is 12. The van der Waals surface area contributed by atoms with Gasteiger partial charge in [-0.05, 0) is 87.0 Å². The van der Waals surface area contributed by atoms with Gasteiger partial charge in [-0.15, -0.1) is 10.2 Å². The minimum atomic E-state index is -4.94. The van der Waals surface area contributed by atoms with Crippen LogP contribution in [0.1, 0.15) is 42.2 Å². The maximum Gasteiger partial charge on any atom is 3.00 e. The molecule has 0 atom stereocenters. The van der Waals surface area contributed by atoms with Crippen LogP contribution in [-0.2, 0) is 89.4 Å². The third-order valence-electron chi connectivity index (χ3n) is 6.66. The van der Waals surface area contributed by atoms with Crippen LogP contribution in [-0.4, -0.2) is 80.5 Å². The molecule has 0 unspecified atom stereocenters. The molecule has 0 aliphatic carbocycles. The van der Waals surface area contributed by atoms with Crippen molar-refractivity contribution in [2.24, 2.45) is 0 Å². The van der Waals surface area contributed by atoms with Crippen molar-refractivity contribution in [3.63, 3.8) is 0 Å². The Hall–Kier alpha value is -4.60. The van der Waals surface area contributed by atoms with Crippen molar-refractivity contribution >= 4 is 32.0 Å². The van der Waals surface area contributed by atoms with Gasteiger partial charge in [0.1, 0.15) is 0 Å². The molecule has 349 valence electrons. The van der Waals surface area contributed by atoms with E-state index in [1.807, 2.05) is 0 Å². The molecule has 0 aliphatic heterocycles. The number of carboxylic acid groups (broad SMARTS) is 2. The molecule has 22 nitrogen and oxygen atoms in total. The van der Waals surface area contributed by atoms with Crippen LogP contribution in [0.5, 0.6) is 5.75 Å². The number of benzene rings is 1. The van der Waals surface area contributed by atoms with Crippen LogP contribution in [0, 0.1) is 17.2 Å². The molecule has 0 fully saturated rings. The summed E-state index contributed by atoms with van der Waals surface area (Å²) in [7, 11) is -13.0. The zero-order valence-electron chi connectivity index (χ0n) is 33.5. The number of carbonyl (C=O) groups is 2. The van der Waals surface area contributed by atoms with Gasteiger partial charge in [-0.3, -0.25) is 19.9 Å². The van der Waals surface area contributed by atoms with Crippen LogP contribution in [0.2, 0.25) is 0 Å². The van der Waals surface area contributed by atoms with Gasteiger partial charge in [-0.25, -0.2) is 35.5 Å². The summed E-state index contributed by atoms with van der Waals surface area (Å²) in [5.41, 5.74) is 2.05. The minimum absolute atomic E-state index is 0. The standard InChI is InChI=1S/C31H30N6O5S2.2C2H4O2.CH4O.ClHO4.2Co.2H2O/c1-24-18-29(43(39,40)36(20-25-10-2-6-14-32-25)21-26-11-3-7-15-33-26)31(38)30(19-24)44(41,42)37(22-27-12-4-8-16-34-27)23-28-13-5-9-17-35-28;2*1-2(3)4;1-2;2-1(3,4)5;;;;/h2-19,38H,20-23H2,1H3;2*1H3,(H,3,4);2H,1H3;(H,2,3,4,5);;;2*1H2/q;;;;;+2;+3;;/p-4. The number of aromatic nitrogens is 4. The average Bonchev–Trinajstić information content (AvgIpc) is 3.16. The maximum absolute atomic E-state index is 14.2. The van der Waals surface area contributed by atoms with Gasteiger partial charge in [0.15, 0.2) is 0 Å². The molecule has 5 aromatic rings. The Morgan fingerprint density at radius 3 is 0.968 bits per heavy atom. The number of hydrogen-bond donors (Lipinski definition) is 1. The van der Waals surface area contributed by atoms with Crippen LogP contribution in [0.4, 0.5) is 0 Å². The molecular weight excluding hydrogens is 990 g/mol. The van der Waals surface area contributed by atoms with Crippen molar-refractivity contribution in [3.8, 4) is 5.75 Å². The SMILES string of the molecule is CC(=O)[O-].CC(=O)[O-].CO.Cc1cc(S(=O)(=O)N(Cc2ccccn2)Cc2ccccn2)c([O-])c(S(=O)(=O)N(Cc2ccccn2)Cc2ccccn2)c1.O.O.[Co+2].[Co+3].[O-][Cl+3]([O-])([O-])[O-]. The number of sulfonamides is 2. The zero-order valence-corrected chi connectivity index (χ0v) is 38.0. The number of aliphatic carboxylic acids is 2. The molecule has 1 aromatic carbocycles. The second-order valence-corrected chi connectivity index (χ2v) is 15.9. The summed E-state index contributed by atoms with van der Waals surface area (Å²) in [6.45, 7) is 2.82. The Kier molecular flexibility index (Phi) is 33.1. The van der Waals surface area contributed by atoms with E-state index in [2.05, 4.69) is 19.9 Å². The minimum Gasteiger partial charge on any atom is -0.871 e. The average molecular weight is 1030 g/mol. The smallest absolute Gasteiger partial charge is 0.871 e. The molecule has 63 heavy (non-hydrogen) atoms. The normalized spacial score (nSPS) is 10.3. The number of halogens is 1. The molecule has 27 heteroatoms. The van der Waals surface area contributed by atoms with E-state index < -0.39 is 57.8 Å². The first-order chi connectivity index (χ1) is 27.6. The van der Waals surface area contributed by atoms with Crippen LogP contribution in [0.25, 0.3) is 0 Å². The van der Waals surface area contributed by atoms with E-state index in [0.29, 0.717) is 22.8 Å². The summed E-state index contributed by atoms with van der Waals surface area (Å²) in [6.07, 6.45) is 6.15. The summed E-state index contributed by atoms with van der Waals surface area (Å²) in [5.74, 6) is -3.30. The van der Waals surface area contributed by atoms with Gasteiger partial charge in [-0.2, -0.15) is 8.61 Å². The molecule has 4 aromatic heterocycles. The predicted octanol–water partition coefficient (Wildman–Crippen LogP) is -5.86. The number of pyridine rings is 4. The van der Waals surface area contributed by atoms with Crippen LogP contribution in [0.3, 0.4) is 0 Å². The van der Waals surface area contributed by atoms with E-state index >= 15 is 0 Å². The topological polar surface area (TPSA) is 405 Å². The van der Waals surface area contributed by atoms with Crippen molar-refractivity contribution in [2.45, 2.75) is 56.7 Å². The summed E-state index contributed by atoms with van der Waals surface area (Å²) in [4.78, 5) is 33.5. The van der Waals surface area contributed by atoms with E-state index in [4.69, 9.17) is 43.5 Å². The quantitative estimate of drug-likeness (QED) is 0.122. The summed E-state index contributed by atoms with van der Waals surface area (Å²) in [5, 5.41) is 38.7. The Labute approximate surface area is 386 Å². The van der Waals surface area contributed by atoms with E-state index in [1.165, 1.54) is 36.9 Å². The maximum atomic E-state index is 14.2. The number of aliphatic hydroxyl groups is 1. The van der Waals surface area contributed by atoms with Crippen LogP contribution in [0.15, 0.2) is 120 Å². The first-order valence-corrected chi connectivity index (χ1v) is 20.6. The second-order valence-electron chi connectivity index (χ2n) is 11.3. The predicted molar refractivity (Wildman–Crippen MR) is 197 cm³/mol. The van der Waals surface area contributed by atoms with Gasteiger partial charge in [-0.1, -0.05) is 30.0 Å². The summed E-state index contributed by atoms with van der Waals surface area (Å²) in [6, 6.07) is 22.8. The first kappa shape index (κ1) is 65.0. The van der Waals surface area contributed by atoms with E-state index in [9.17, 15) is 21.9 Å². The zero-order chi connectivity index (χ0) is 44.8. The Bertz CT molecular complexity index is 2010. The molecule has 0 aliphatic rings. The fourth-order valence-corrected chi connectivity index (χ4v) is 7.70. The Balaban J connectivity index is -0.000000800. The molecule has 5 rings (SSSR count). The third kappa shape index (κ3) is 25.3. The largest absolute Gasteiger partial charge is 3.00 e. The first-order valence-electron chi connectivity index (χ1n) is 16.4. The number of hydrogen-bond acceptors (Lipinski definition) is 18. The molecule has 5 N–H and O–H groups in total. The van der Waals surface area contributed by atoms with E-state index in [0.717, 1.165) is 29.6 Å². The van der Waals surface area contributed by atoms with Crippen molar-refractivity contribution in [3.05, 3.63) is 138 Å². The summed E-state index contributed by atoms with van der Waals surface area (Å²) >= 11 is 0. The molecule has 0 saturated carbocycles. The summed E-state index contributed by atoms with van der Waals surface area (Å²) < 4.78 is 92.9. The number of carboxylic acids is 2. The van der Waals surface area contributed by atoms with Gasteiger partial charge in [0, 0.05) is 43.8 Å². The molecular formula is C36H43ClCo2N6O16S2+. The fourth-order valence-electron chi connectivity index (χ4n) is 4.51. The number of nitrogens with zero attached hydrogens (tertiary/aromatic N) is 6. The molecule has 4 heterocycles. The molecule has 1 radical (unpaired) electrons. The van der Waals surface area contributed by atoms with Crippen LogP contribution >= 0.6 is 0 Å².